The summed E-state index contributed by atoms with van der Waals surface area (Å²) in [4.78, 5) is 34.8. The number of hydrogen-bond acceptors (Lipinski definition) is 4. The van der Waals surface area contributed by atoms with Crippen LogP contribution in [0, 0.1) is 13.8 Å². The van der Waals surface area contributed by atoms with E-state index in [0.29, 0.717) is 17.1 Å². The molecule has 2 aromatic rings. The fourth-order valence-electron chi connectivity index (χ4n) is 3.05. The van der Waals surface area contributed by atoms with Crippen LogP contribution in [0.5, 0.6) is 0 Å². The van der Waals surface area contributed by atoms with Crippen LogP contribution in [0.1, 0.15) is 40.8 Å². The number of amides is 1. The van der Waals surface area contributed by atoms with Gasteiger partial charge in [-0.15, -0.1) is 11.3 Å². The number of aryl methyl sites for hydroxylation is 2. The first-order chi connectivity index (χ1) is 10.6. The number of nitrogens with zero attached hydrogens (tertiary/aromatic N) is 2. The zero-order valence-corrected chi connectivity index (χ0v) is 13.6. The summed E-state index contributed by atoms with van der Waals surface area (Å²) < 4.78 is 0. The average molecular weight is 317 g/mol. The summed E-state index contributed by atoms with van der Waals surface area (Å²) in [5.74, 6) is 0.589. The maximum atomic E-state index is 12.7. The van der Waals surface area contributed by atoms with Gasteiger partial charge in [-0.2, -0.15) is 0 Å². The van der Waals surface area contributed by atoms with Gasteiger partial charge in [0, 0.05) is 22.7 Å². The van der Waals surface area contributed by atoms with Gasteiger partial charge in [-0.25, -0.2) is 4.98 Å². The summed E-state index contributed by atoms with van der Waals surface area (Å²) in [7, 11) is 0. The van der Waals surface area contributed by atoms with Crippen molar-refractivity contribution in [1.82, 2.24) is 14.9 Å². The van der Waals surface area contributed by atoms with E-state index >= 15 is 0 Å². The van der Waals surface area contributed by atoms with Crippen molar-refractivity contribution in [2.45, 2.75) is 39.2 Å². The highest BCUT2D eigenvalue weighted by Crippen LogP contribution is 2.34. The van der Waals surface area contributed by atoms with Crippen LogP contribution in [0.15, 0.2) is 22.3 Å². The monoisotopic (exact) mass is 317 g/mol. The molecule has 3 rings (SSSR count). The molecule has 0 aliphatic carbocycles. The second-order valence-corrected chi connectivity index (χ2v) is 6.63. The Morgan fingerprint density at radius 2 is 2.32 bits per heavy atom. The van der Waals surface area contributed by atoms with Crippen LogP contribution in [0.4, 0.5) is 0 Å². The molecule has 0 bridgehead atoms. The lowest BCUT2D eigenvalue weighted by Crippen LogP contribution is -2.33. The lowest BCUT2D eigenvalue weighted by atomic mass is 10.1. The molecule has 1 N–H and O–H groups in total. The highest BCUT2D eigenvalue weighted by atomic mass is 32.1. The first kappa shape index (κ1) is 15.0. The molecule has 1 amide bonds. The summed E-state index contributed by atoms with van der Waals surface area (Å²) in [5.41, 5.74) is 0.916. The lowest BCUT2D eigenvalue weighted by molar-refractivity contribution is -0.131. The van der Waals surface area contributed by atoms with Crippen molar-refractivity contribution in [2.75, 3.05) is 6.54 Å². The number of H-pyrrole nitrogens is 1. The number of rotatable bonds is 3. The summed E-state index contributed by atoms with van der Waals surface area (Å²) in [6.07, 6.45) is 2.12. The minimum atomic E-state index is -0.203. The van der Waals surface area contributed by atoms with E-state index in [-0.39, 0.29) is 23.9 Å². The van der Waals surface area contributed by atoms with Gasteiger partial charge in [-0.3, -0.25) is 9.59 Å². The van der Waals surface area contributed by atoms with E-state index < -0.39 is 0 Å². The van der Waals surface area contributed by atoms with Crippen molar-refractivity contribution in [3.8, 4) is 0 Å². The third-order valence-corrected chi connectivity index (χ3v) is 5.09. The minimum Gasteiger partial charge on any atom is -0.335 e. The molecule has 0 unspecified atom stereocenters. The van der Waals surface area contributed by atoms with Gasteiger partial charge in [0.1, 0.15) is 5.82 Å². The molecule has 1 aliphatic heterocycles. The molecule has 0 aromatic carbocycles. The normalized spacial score (nSPS) is 17.9. The van der Waals surface area contributed by atoms with Gasteiger partial charge >= 0.3 is 0 Å². The van der Waals surface area contributed by atoms with Crippen LogP contribution >= 0.6 is 11.3 Å². The molecule has 1 aliphatic rings. The van der Waals surface area contributed by atoms with Gasteiger partial charge in [0.2, 0.25) is 5.91 Å². The van der Waals surface area contributed by atoms with Crippen molar-refractivity contribution < 1.29 is 4.79 Å². The largest absolute Gasteiger partial charge is 0.335 e. The highest BCUT2D eigenvalue weighted by Gasteiger charge is 2.31. The number of hydrogen-bond donors (Lipinski definition) is 1. The fraction of sp³-hybridized carbons (Fsp3) is 0.438. The molecule has 1 fully saturated rings. The molecule has 116 valence electrons. The van der Waals surface area contributed by atoms with Gasteiger partial charge in [-0.05, 0) is 38.1 Å². The van der Waals surface area contributed by atoms with Crippen LogP contribution in [-0.4, -0.2) is 27.3 Å². The Bertz CT molecular complexity index is 736. The molecule has 0 spiro atoms. The summed E-state index contributed by atoms with van der Waals surface area (Å²) in [5, 5.41) is 2.04. The van der Waals surface area contributed by atoms with Crippen molar-refractivity contribution in [3.63, 3.8) is 0 Å². The first-order valence-electron chi connectivity index (χ1n) is 7.45. The molecule has 22 heavy (non-hydrogen) atoms. The third kappa shape index (κ3) is 2.83. The number of aromatic nitrogens is 2. The Morgan fingerprint density at radius 3 is 3.00 bits per heavy atom. The zero-order valence-electron chi connectivity index (χ0n) is 12.8. The van der Waals surface area contributed by atoms with E-state index in [1.165, 1.54) is 4.88 Å². The fourth-order valence-corrected chi connectivity index (χ4v) is 3.93. The topological polar surface area (TPSA) is 66.1 Å². The van der Waals surface area contributed by atoms with Crippen LogP contribution in [0.25, 0.3) is 0 Å². The molecule has 1 saturated heterocycles. The van der Waals surface area contributed by atoms with Gasteiger partial charge < -0.3 is 9.88 Å². The second-order valence-electron chi connectivity index (χ2n) is 5.65. The zero-order chi connectivity index (χ0) is 15.7. The number of nitrogens with one attached hydrogen (secondary N) is 1. The van der Waals surface area contributed by atoms with Crippen molar-refractivity contribution in [2.24, 2.45) is 0 Å². The molecule has 6 heteroatoms. The molecular formula is C16H19N3O2S. The van der Waals surface area contributed by atoms with Gasteiger partial charge in [-0.1, -0.05) is 6.07 Å². The van der Waals surface area contributed by atoms with Crippen molar-refractivity contribution in [3.05, 3.63) is 49.8 Å². The summed E-state index contributed by atoms with van der Waals surface area (Å²) in [6, 6.07) is 4.25. The van der Waals surface area contributed by atoms with E-state index in [1.54, 1.807) is 25.2 Å². The molecular weight excluding hydrogens is 298 g/mol. The highest BCUT2D eigenvalue weighted by molar-refractivity contribution is 7.10. The van der Waals surface area contributed by atoms with Gasteiger partial charge in [0.15, 0.2) is 0 Å². The van der Waals surface area contributed by atoms with Crippen molar-refractivity contribution in [1.29, 1.82) is 0 Å². The number of aromatic amines is 1. The maximum Gasteiger partial charge on any atom is 0.254 e. The van der Waals surface area contributed by atoms with E-state index in [4.69, 9.17) is 0 Å². The predicted octanol–water partition coefficient (Wildman–Crippen LogP) is 2.35. The minimum absolute atomic E-state index is 0.00940. The number of likely N-dealkylation sites (tertiary alicyclic amines) is 1. The smallest absolute Gasteiger partial charge is 0.254 e. The van der Waals surface area contributed by atoms with Crippen LogP contribution in [0.2, 0.25) is 0 Å². The Balaban J connectivity index is 1.81. The second kappa shape index (κ2) is 6.04. The lowest BCUT2D eigenvalue weighted by Gasteiger charge is -2.24. The molecule has 1 atom stereocenters. The molecule has 3 heterocycles. The summed E-state index contributed by atoms with van der Waals surface area (Å²) in [6.45, 7) is 4.29. The number of thiophene rings is 1. The SMILES string of the molecule is Cc1nc(C)c(CC(=O)N2CCC[C@@H]2c2cccs2)c(=O)[nH]1. The molecule has 0 radical (unpaired) electrons. The van der Waals surface area contributed by atoms with E-state index in [0.717, 1.165) is 19.4 Å². The predicted molar refractivity (Wildman–Crippen MR) is 86.0 cm³/mol. The standard InChI is InChI=1S/C16H19N3O2S/c1-10-12(16(21)18-11(2)17-10)9-15(20)19-7-3-5-13(19)14-6-4-8-22-14/h4,6,8,13H,3,5,7,9H2,1-2H3,(H,17,18,21)/t13-/m1/s1. The maximum absolute atomic E-state index is 12.7. The molecule has 2 aromatic heterocycles. The van der Waals surface area contributed by atoms with Crippen LogP contribution in [0.3, 0.4) is 0 Å². The average Bonchev–Trinajstić information content (AvgIpc) is 3.11. The Labute approximate surface area is 133 Å². The molecule has 0 saturated carbocycles. The van der Waals surface area contributed by atoms with Crippen LogP contribution in [-0.2, 0) is 11.2 Å². The summed E-state index contributed by atoms with van der Waals surface area (Å²) >= 11 is 1.68. The van der Waals surface area contributed by atoms with E-state index in [9.17, 15) is 9.59 Å². The third-order valence-electron chi connectivity index (χ3n) is 4.11. The first-order valence-corrected chi connectivity index (χ1v) is 8.33. The Hall–Kier alpha value is -1.95. The van der Waals surface area contributed by atoms with Gasteiger partial charge in [0.05, 0.1) is 12.5 Å². The van der Waals surface area contributed by atoms with E-state index in [2.05, 4.69) is 16.0 Å². The number of carbonyl (C=O) groups is 1. The van der Waals surface area contributed by atoms with E-state index in [1.807, 2.05) is 16.3 Å². The van der Waals surface area contributed by atoms with Crippen LogP contribution < -0.4 is 5.56 Å². The molecule has 5 nitrogen and oxygen atoms in total. The van der Waals surface area contributed by atoms with Crippen molar-refractivity contribution >= 4 is 17.2 Å². The quantitative estimate of drug-likeness (QED) is 0.945. The Kier molecular flexibility index (Phi) is 4.11. The number of carbonyl (C=O) groups excluding carboxylic acids is 1. The van der Waals surface area contributed by atoms with Gasteiger partial charge in [0.25, 0.3) is 5.56 Å². The Morgan fingerprint density at radius 1 is 1.50 bits per heavy atom.